The van der Waals surface area contributed by atoms with Gasteiger partial charge in [0.2, 0.25) is 0 Å². The van der Waals surface area contributed by atoms with E-state index in [1.807, 2.05) is 20.8 Å². The van der Waals surface area contributed by atoms with Crippen molar-refractivity contribution < 1.29 is 14.3 Å². The molecule has 0 aliphatic carbocycles. The zero-order valence-electron chi connectivity index (χ0n) is 12.4. The number of ether oxygens (including phenoxy) is 2. The molecule has 2 unspecified atom stereocenters. The summed E-state index contributed by atoms with van der Waals surface area (Å²) in [4.78, 5) is 11.7. The minimum absolute atomic E-state index is 0.0402. The molecule has 1 heterocycles. The van der Waals surface area contributed by atoms with Gasteiger partial charge in [0.1, 0.15) is 5.60 Å². The molecular formula is C14H28N2O3. The number of carbonyl (C=O) groups is 1. The Hall–Kier alpha value is -0.810. The lowest BCUT2D eigenvalue weighted by Crippen LogP contribution is -2.44. The van der Waals surface area contributed by atoms with Crippen LogP contribution in [0.1, 0.15) is 46.5 Å². The van der Waals surface area contributed by atoms with E-state index < -0.39 is 11.7 Å². The fraction of sp³-hybridized carbons (Fsp3) is 0.929. The monoisotopic (exact) mass is 272 g/mol. The second-order valence-corrected chi connectivity index (χ2v) is 6.25. The number of nitrogens with two attached hydrogens (primary N) is 1. The largest absolute Gasteiger partial charge is 0.444 e. The molecule has 0 radical (unpaired) electrons. The quantitative estimate of drug-likeness (QED) is 0.821. The van der Waals surface area contributed by atoms with Gasteiger partial charge in [-0.25, -0.2) is 4.79 Å². The molecule has 3 N–H and O–H groups in total. The molecule has 0 aromatic carbocycles. The third-order valence-corrected chi connectivity index (χ3v) is 3.13. The molecule has 112 valence electrons. The summed E-state index contributed by atoms with van der Waals surface area (Å²) < 4.78 is 10.8. The summed E-state index contributed by atoms with van der Waals surface area (Å²) in [5.41, 5.74) is 5.25. The van der Waals surface area contributed by atoms with Gasteiger partial charge in [0, 0.05) is 25.8 Å². The normalized spacial score (nSPS) is 22.4. The molecule has 1 saturated heterocycles. The van der Waals surface area contributed by atoms with Crippen LogP contribution in [0.5, 0.6) is 0 Å². The third-order valence-electron chi connectivity index (χ3n) is 3.13. The number of hydrogen-bond donors (Lipinski definition) is 2. The number of nitrogens with one attached hydrogen (secondary N) is 1. The summed E-state index contributed by atoms with van der Waals surface area (Å²) in [7, 11) is 0. The highest BCUT2D eigenvalue weighted by atomic mass is 16.6. The molecule has 19 heavy (non-hydrogen) atoms. The standard InChI is InChI=1S/C14H28N2O3/c1-14(2,3)19-13(17)16-12(9-15)8-11-6-4-5-7-18-10-11/h11-12H,4-10,15H2,1-3H3,(H,16,17). The zero-order valence-corrected chi connectivity index (χ0v) is 12.4. The molecule has 1 rings (SSSR count). The van der Waals surface area contributed by atoms with Crippen molar-refractivity contribution in [2.75, 3.05) is 19.8 Å². The first-order valence-corrected chi connectivity index (χ1v) is 7.18. The van der Waals surface area contributed by atoms with Gasteiger partial charge in [0.25, 0.3) is 0 Å². The smallest absolute Gasteiger partial charge is 0.407 e. The number of amides is 1. The molecule has 5 nitrogen and oxygen atoms in total. The van der Waals surface area contributed by atoms with Crippen LogP contribution in [0.25, 0.3) is 0 Å². The summed E-state index contributed by atoms with van der Waals surface area (Å²) in [6.07, 6.45) is 3.93. The van der Waals surface area contributed by atoms with Gasteiger partial charge in [0.15, 0.2) is 0 Å². The molecule has 1 fully saturated rings. The minimum atomic E-state index is -0.478. The van der Waals surface area contributed by atoms with E-state index in [4.69, 9.17) is 15.2 Å². The molecule has 0 aromatic rings. The van der Waals surface area contributed by atoms with E-state index in [1.54, 1.807) is 0 Å². The van der Waals surface area contributed by atoms with Crippen molar-refractivity contribution in [3.05, 3.63) is 0 Å². The molecular weight excluding hydrogens is 244 g/mol. The van der Waals surface area contributed by atoms with Crippen molar-refractivity contribution in [3.63, 3.8) is 0 Å². The Morgan fingerprint density at radius 2 is 2.21 bits per heavy atom. The first-order chi connectivity index (χ1) is 8.90. The Bertz CT molecular complexity index is 268. The van der Waals surface area contributed by atoms with Gasteiger partial charge in [0.05, 0.1) is 0 Å². The Balaban J connectivity index is 2.37. The molecule has 0 saturated carbocycles. The highest BCUT2D eigenvalue weighted by molar-refractivity contribution is 5.68. The topological polar surface area (TPSA) is 73.6 Å². The van der Waals surface area contributed by atoms with Crippen LogP contribution < -0.4 is 11.1 Å². The van der Waals surface area contributed by atoms with Gasteiger partial charge in [-0.3, -0.25) is 0 Å². The predicted octanol–water partition coefficient (Wildman–Crippen LogP) is 2.05. The van der Waals surface area contributed by atoms with E-state index in [2.05, 4.69) is 5.32 Å². The number of rotatable bonds is 4. The van der Waals surface area contributed by atoms with Crippen LogP contribution in [0.3, 0.4) is 0 Å². The first-order valence-electron chi connectivity index (χ1n) is 7.18. The van der Waals surface area contributed by atoms with Gasteiger partial charge in [-0.2, -0.15) is 0 Å². The molecule has 5 heteroatoms. The van der Waals surface area contributed by atoms with E-state index in [1.165, 1.54) is 6.42 Å². The average molecular weight is 272 g/mol. The fourth-order valence-corrected chi connectivity index (χ4v) is 2.25. The van der Waals surface area contributed by atoms with Crippen LogP contribution in [0.2, 0.25) is 0 Å². The van der Waals surface area contributed by atoms with E-state index in [0.717, 1.165) is 32.5 Å². The van der Waals surface area contributed by atoms with Crippen LogP contribution in [-0.4, -0.2) is 37.5 Å². The summed E-state index contributed by atoms with van der Waals surface area (Å²) >= 11 is 0. The zero-order chi connectivity index (χ0) is 14.3. The molecule has 0 aromatic heterocycles. The summed E-state index contributed by atoms with van der Waals surface area (Å²) in [6.45, 7) is 7.60. The Labute approximate surface area is 116 Å². The van der Waals surface area contributed by atoms with E-state index in [9.17, 15) is 4.79 Å². The SMILES string of the molecule is CC(C)(C)OC(=O)NC(CN)CC1CCCCOC1. The van der Waals surface area contributed by atoms with Crippen molar-refractivity contribution in [1.82, 2.24) is 5.32 Å². The predicted molar refractivity (Wildman–Crippen MR) is 75.0 cm³/mol. The minimum Gasteiger partial charge on any atom is -0.444 e. The molecule has 2 atom stereocenters. The van der Waals surface area contributed by atoms with Crippen LogP contribution in [0.15, 0.2) is 0 Å². The number of hydrogen-bond acceptors (Lipinski definition) is 4. The fourth-order valence-electron chi connectivity index (χ4n) is 2.25. The first kappa shape index (κ1) is 16.2. The number of carbonyl (C=O) groups excluding carboxylic acids is 1. The second-order valence-electron chi connectivity index (χ2n) is 6.25. The number of alkyl carbamates (subject to hydrolysis) is 1. The maximum Gasteiger partial charge on any atom is 0.407 e. The maximum absolute atomic E-state index is 11.7. The molecule has 1 amide bonds. The molecule has 1 aliphatic heterocycles. The highest BCUT2D eigenvalue weighted by Gasteiger charge is 2.22. The Kier molecular flexibility index (Phi) is 6.58. The highest BCUT2D eigenvalue weighted by Crippen LogP contribution is 2.19. The Morgan fingerprint density at radius 3 is 2.84 bits per heavy atom. The third kappa shape index (κ3) is 7.38. The van der Waals surface area contributed by atoms with Gasteiger partial charge in [-0.1, -0.05) is 6.42 Å². The second kappa shape index (κ2) is 7.70. The Morgan fingerprint density at radius 1 is 1.47 bits per heavy atom. The van der Waals surface area contributed by atoms with Crippen molar-refractivity contribution in [2.45, 2.75) is 58.1 Å². The van der Waals surface area contributed by atoms with E-state index in [-0.39, 0.29) is 6.04 Å². The van der Waals surface area contributed by atoms with Crippen LogP contribution in [-0.2, 0) is 9.47 Å². The summed E-state index contributed by atoms with van der Waals surface area (Å²) in [5.74, 6) is 0.478. The van der Waals surface area contributed by atoms with Crippen LogP contribution in [0, 0.1) is 5.92 Å². The average Bonchev–Trinajstić information content (AvgIpc) is 2.54. The van der Waals surface area contributed by atoms with Crippen molar-refractivity contribution >= 4 is 6.09 Å². The van der Waals surface area contributed by atoms with Gasteiger partial charge in [-0.05, 0) is 46.0 Å². The lowest BCUT2D eigenvalue weighted by molar-refractivity contribution is 0.0488. The van der Waals surface area contributed by atoms with E-state index >= 15 is 0 Å². The molecule has 1 aliphatic rings. The van der Waals surface area contributed by atoms with Crippen LogP contribution >= 0.6 is 0 Å². The van der Waals surface area contributed by atoms with Crippen molar-refractivity contribution in [2.24, 2.45) is 11.7 Å². The van der Waals surface area contributed by atoms with Gasteiger partial charge in [-0.15, -0.1) is 0 Å². The lowest BCUT2D eigenvalue weighted by atomic mass is 9.96. The summed E-state index contributed by atoms with van der Waals surface area (Å²) in [5, 5.41) is 2.85. The lowest BCUT2D eigenvalue weighted by Gasteiger charge is -2.25. The summed E-state index contributed by atoms with van der Waals surface area (Å²) in [6, 6.07) is -0.0402. The maximum atomic E-state index is 11.7. The van der Waals surface area contributed by atoms with Gasteiger partial charge < -0.3 is 20.5 Å². The van der Waals surface area contributed by atoms with Gasteiger partial charge >= 0.3 is 6.09 Å². The molecule has 0 spiro atoms. The molecule has 0 bridgehead atoms. The van der Waals surface area contributed by atoms with Crippen molar-refractivity contribution in [3.8, 4) is 0 Å². The van der Waals surface area contributed by atoms with Crippen LogP contribution in [0.4, 0.5) is 4.79 Å². The van der Waals surface area contributed by atoms with E-state index in [0.29, 0.717) is 12.5 Å². The van der Waals surface area contributed by atoms with Crippen molar-refractivity contribution in [1.29, 1.82) is 0 Å².